The number of sulfonamides is 1. The topological polar surface area (TPSA) is 90.0 Å². The number of carbonyl (C=O) groups is 2. The minimum Gasteiger partial charge on any atom is -0.468 e. The zero-order valence-electron chi connectivity index (χ0n) is 21.5. The molecule has 2 aliphatic heterocycles. The number of hydrogen-bond donors (Lipinski definition) is 0. The number of aryl methyl sites for hydroxylation is 1. The van der Waals surface area contributed by atoms with Gasteiger partial charge in [-0.05, 0) is 47.7 Å². The van der Waals surface area contributed by atoms with Gasteiger partial charge in [0.15, 0.2) is 5.41 Å². The molecule has 1 fully saturated rings. The van der Waals surface area contributed by atoms with Crippen LogP contribution in [0.5, 0.6) is 0 Å². The number of ether oxygens (including phenoxy) is 2. The van der Waals surface area contributed by atoms with Crippen molar-refractivity contribution in [2.24, 2.45) is 5.41 Å². The molecule has 5 rings (SSSR count). The van der Waals surface area contributed by atoms with Gasteiger partial charge >= 0.3 is 11.9 Å². The Balaban J connectivity index is 1.89. The average Bonchev–Trinajstić information content (AvgIpc) is 3.21. The molecule has 196 valence electrons. The summed E-state index contributed by atoms with van der Waals surface area (Å²) in [7, 11) is -1.88. The second-order valence-electron chi connectivity index (χ2n) is 9.91. The van der Waals surface area contributed by atoms with Gasteiger partial charge in [-0.1, -0.05) is 78.9 Å². The molecule has 0 N–H and O–H groups in total. The summed E-state index contributed by atoms with van der Waals surface area (Å²) in [5.41, 5.74) is 0.152. The number of rotatable bonds is 6. The quantitative estimate of drug-likeness (QED) is 0.344. The number of hydrogen-bond acceptors (Lipinski definition) is 6. The lowest BCUT2D eigenvalue weighted by molar-refractivity contribution is -0.170. The Morgan fingerprint density at radius 1 is 0.921 bits per heavy atom. The highest BCUT2D eigenvalue weighted by Crippen LogP contribution is 2.66. The van der Waals surface area contributed by atoms with Crippen LogP contribution in [0.25, 0.3) is 5.57 Å². The fraction of sp³-hybridized carbons (Fsp3) is 0.267. The summed E-state index contributed by atoms with van der Waals surface area (Å²) < 4.78 is 40.9. The van der Waals surface area contributed by atoms with Gasteiger partial charge in [-0.2, -0.15) is 4.31 Å². The molecule has 38 heavy (non-hydrogen) atoms. The molecule has 2 heterocycles. The van der Waals surface area contributed by atoms with Crippen molar-refractivity contribution in [2.75, 3.05) is 14.2 Å². The smallest absolute Gasteiger partial charge is 0.325 e. The number of fused-ring (bicyclic) bond motifs is 4. The highest BCUT2D eigenvalue weighted by Gasteiger charge is 2.74. The van der Waals surface area contributed by atoms with E-state index >= 15 is 0 Å². The van der Waals surface area contributed by atoms with Crippen molar-refractivity contribution < 1.29 is 27.5 Å². The molecular formula is C30H29NO6S. The van der Waals surface area contributed by atoms with Crippen LogP contribution < -0.4 is 0 Å². The zero-order chi connectivity index (χ0) is 27.3. The molecule has 3 aromatic rings. The highest BCUT2D eigenvalue weighted by atomic mass is 32.2. The molecule has 7 nitrogen and oxygen atoms in total. The first-order chi connectivity index (χ1) is 18.1. The number of methoxy groups -OCH3 is 2. The summed E-state index contributed by atoms with van der Waals surface area (Å²) in [6, 6.07) is 21.9. The molecule has 2 atom stereocenters. The first-order valence-electron chi connectivity index (χ1n) is 12.2. The van der Waals surface area contributed by atoms with Crippen molar-refractivity contribution in [3.05, 3.63) is 108 Å². The van der Waals surface area contributed by atoms with Crippen LogP contribution in [-0.4, -0.2) is 44.4 Å². The van der Waals surface area contributed by atoms with E-state index in [2.05, 4.69) is 6.58 Å². The highest BCUT2D eigenvalue weighted by molar-refractivity contribution is 7.89. The van der Waals surface area contributed by atoms with Crippen LogP contribution >= 0.6 is 0 Å². The standard InChI is InChI=1S/C30H29NO6S/c1-20-14-16-23(17-15-20)38(34,35)31-26-25-13-9-8-12-24(25)21(2)29(31,18-22-10-6-5-7-11-22)19-30(26,27(32)36-3)28(33)37-4/h5-17,26H,2,18-19H2,1,3-4H3. The summed E-state index contributed by atoms with van der Waals surface area (Å²) in [6.45, 7) is 6.27. The van der Waals surface area contributed by atoms with Gasteiger partial charge in [-0.25, -0.2) is 8.42 Å². The predicted molar refractivity (Wildman–Crippen MR) is 142 cm³/mol. The van der Waals surface area contributed by atoms with Gasteiger partial charge in [0.2, 0.25) is 10.0 Å². The molecule has 8 heteroatoms. The lowest BCUT2D eigenvalue weighted by Crippen LogP contribution is -2.53. The molecule has 1 saturated heterocycles. The Hall–Kier alpha value is -3.75. The van der Waals surface area contributed by atoms with Crippen molar-refractivity contribution in [2.45, 2.75) is 36.2 Å². The Labute approximate surface area is 222 Å². The molecule has 3 aromatic carbocycles. The molecule has 2 bridgehead atoms. The molecule has 0 amide bonds. The van der Waals surface area contributed by atoms with Crippen LogP contribution in [0.4, 0.5) is 0 Å². The van der Waals surface area contributed by atoms with E-state index in [4.69, 9.17) is 9.47 Å². The summed E-state index contributed by atoms with van der Waals surface area (Å²) in [5.74, 6) is -1.70. The van der Waals surface area contributed by atoms with Crippen molar-refractivity contribution >= 4 is 27.5 Å². The van der Waals surface area contributed by atoms with Crippen LogP contribution in [0.1, 0.15) is 34.7 Å². The van der Waals surface area contributed by atoms with Gasteiger partial charge in [0.25, 0.3) is 0 Å². The third-order valence-corrected chi connectivity index (χ3v) is 9.80. The largest absolute Gasteiger partial charge is 0.468 e. The first-order valence-corrected chi connectivity index (χ1v) is 13.7. The van der Waals surface area contributed by atoms with E-state index in [0.717, 1.165) is 11.1 Å². The van der Waals surface area contributed by atoms with Gasteiger partial charge in [-0.3, -0.25) is 9.59 Å². The molecular weight excluding hydrogens is 502 g/mol. The van der Waals surface area contributed by atoms with E-state index in [0.29, 0.717) is 16.7 Å². The maximum absolute atomic E-state index is 14.6. The van der Waals surface area contributed by atoms with E-state index in [1.807, 2.05) is 49.4 Å². The summed E-state index contributed by atoms with van der Waals surface area (Å²) in [6.07, 6.45) is 0.00977. The minimum atomic E-state index is -4.27. The number of benzene rings is 3. The van der Waals surface area contributed by atoms with Crippen LogP contribution in [-0.2, 0) is 35.5 Å². The van der Waals surface area contributed by atoms with Gasteiger partial charge in [0.1, 0.15) is 0 Å². The van der Waals surface area contributed by atoms with Gasteiger partial charge in [-0.15, -0.1) is 0 Å². The average molecular weight is 532 g/mol. The Kier molecular flexibility index (Phi) is 6.28. The van der Waals surface area contributed by atoms with Crippen molar-refractivity contribution in [3.63, 3.8) is 0 Å². The molecule has 0 aliphatic carbocycles. The lowest BCUT2D eigenvalue weighted by Gasteiger charge is -2.46. The van der Waals surface area contributed by atoms with Crippen molar-refractivity contribution in [1.82, 2.24) is 4.31 Å². The van der Waals surface area contributed by atoms with Gasteiger partial charge in [0, 0.05) is 6.42 Å². The van der Waals surface area contributed by atoms with E-state index in [9.17, 15) is 18.0 Å². The van der Waals surface area contributed by atoms with Crippen LogP contribution in [0, 0.1) is 12.3 Å². The Bertz CT molecular complexity index is 1510. The minimum absolute atomic E-state index is 0.0586. The maximum Gasteiger partial charge on any atom is 0.325 e. The van der Waals surface area contributed by atoms with E-state index in [1.165, 1.54) is 18.5 Å². The predicted octanol–water partition coefficient (Wildman–Crippen LogP) is 4.47. The third kappa shape index (κ3) is 3.55. The molecule has 0 saturated carbocycles. The molecule has 2 unspecified atom stereocenters. The number of carbonyl (C=O) groups excluding carboxylic acids is 2. The molecule has 0 aromatic heterocycles. The number of nitrogens with zero attached hydrogens (tertiary/aromatic N) is 1. The van der Waals surface area contributed by atoms with Crippen LogP contribution in [0.3, 0.4) is 0 Å². The first kappa shape index (κ1) is 25.9. The molecule has 0 spiro atoms. The normalized spacial score (nSPS) is 22.0. The lowest BCUT2D eigenvalue weighted by atomic mass is 9.74. The SMILES string of the molecule is C=C1c2ccccc2C2N(S(=O)(=O)c3ccc(C)cc3)C1(Cc1ccccc1)CC2(C(=O)OC)C(=O)OC. The maximum atomic E-state index is 14.6. The van der Waals surface area contributed by atoms with E-state index in [-0.39, 0.29) is 17.7 Å². The second kappa shape index (κ2) is 9.22. The Morgan fingerprint density at radius 2 is 1.50 bits per heavy atom. The summed E-state index contributed by atoms with van der Waals surface area (Å²) in [4.78, 5) is 27.4. The Morgan fingerprint density at radius 3 is 2.11 bits per heavy atom. The number of esters is 2. The molecule has 0 radical (unpaired) electrons. The molecule has 2 aliphatic rings. The van der Waals surface area contributed by atoms with Crippen molar-refractivity contribution in [1.29, 1.82) is 0 Å². The fourth-order valence-corrected chi connectivity index (χ4v) is 8.14. The van der Waals surface area contributed by atoms with Crippen molar-refractivity contribution in [3.8, 4) is 0 Å². The zero-order valence-corrected chi connectivity index (χ0v) is 22.3. The summed E-state index contributed by atoms with van der Waals surface area (Å²) >= 11 is 0. The summed E-state index contributed by atoms with van der Waals surface area (Å²) in [5, 5.41) is 0. The van der Waals surface area contributed by atoms with E-state index in [1.54, 1.807) is 36.4 Å². The monoisotopic (exact) mass is 531 g/mol. The van der Waals surface area contributed by atoms with Crippen LogP contribution in [0.2, 0.25) is 0 Å². The van der Waals surface area contributed by atoms with Gasteiger partial charge < -0.3 is 9.47 Å². The van der Waals surface area contributed by atoms with Gasteiger partial charge in [0.05, 0.1) is 30.7 Å². The second-order valence-corrected chi connectivity index (χ2v) is 11.7. The van der Waals surface area contributed by atoms with E-state index < -0.39 is 39.0 Å². The van der Waals surface area contributed by atoms with Crippen LogP contribution in [0.15, 0.2) is 90.3 Å². The fourth-order valence-electron chi connectivity index (χ4n) is 6.16. The third-order valence-electron chi connectivity index (χ3n) is 7.85.